The van der Waals surface area contributed by atoms with Crippen molar-refractivity contribution in [2.75, 3.05) is 5.32 Å². The van der Waals surface area contributed by atoms with Crippen molar-refractivity contribution < 1.29 is 4.79 Å². The predicted molar refractivity (Wildman–Crippen MR) is 56.8 cm³/mol. The van der Waals surface area contributed by atoms with Crippen molar-refractivity contribution in [1.82, 2.24) is 9.78 Å². The Kier molecular flexibility index (Phi) is 3.31. The molecule has 0 saturated heterocycles. The third-order valence-corrected chi connectivity index (χ3v) is 2.24. The molecular formula is C8H11ClN4O2. The Morgan fingerprint density at radius 1 is 1.73 bits per heavy atom. The molecule has 0 fully saturated rings. The summed E-state index contributed by atoms with van der Waals surface area (Å²) >= 11 is 5.76. The average molecular weight is 231 g/mol. The first-order valence-electron chi connectivity index (χ1n) is 4.21. The Hall–Kier alpha value is -1.56. The molecule has 1 amide bonds. The van der Waals surface area contributed by atoms with Crippen molar-refractivity contribution >= 4 is 23.2 Å². The Morgan fingerprint density at radius 3 is 2.87 bits per heavy atom. The molecule has 1 unspecified atom stereocenters. The summed E-state index contributed by atoms with van der Waals surface area (Å²) in [6.07, 6.45) is 1.36. The van der Waals surface area contributed by atoms with Gasteiger partial charge in [-0.1, -0.05) is 11.6 Å². The van der Waals surface area contributed by atoms with Crippen molar-refractivity contribution in [3.05, 3.63) is 21.6 Å². The van der Waals surface area contributed by atoms with E-state index in [9.17, 15) is 9.59 Å². The van der Waals surface area contributed by atoms with Gasteiger partial charge >= 0.3 is 0 Å². The van der Waals surface area contributed by atoms with Crippen molar-refractivity contribution in [3.63, 3.8) is 0 Å². The van der Waals surface area contributed by atoms with Gasteiger partial charge in [-0.05, 0) is 6.92 Å². The molecule has 0 aliphatic heterocycles. The molecule has 0 radical (unpaired) electrons. The summed E-state index contributed by atoms with van der Waals surface area (Å²) < 4.78 is 1.10. The summed E-state index contributed by atoms with van der Waals surface area (Å²) in [7, 11) is 1.48. The number of nitrogens with one attached hydrogen (secondary N) is 1. The van der Waals surface area contributed by atoms with E-state index in [1.165, 1.54) is 13.2 Å². The summed E-state index contributed by atoms with van der Waals surface area (Å²) in [5.74, 6) is -0.535. The monoisotopic (exact) mass is 230 g/mol. The van der Waals surface area contributed by atoms with E-state index in [0.717, 1.165) is 4.68 Å². The molecular weight excluding hydrogens is 220 g/mol. The van der Waals surface area contributed by atoms with Crippen LogP contribution in [0.5, 0.6) is 0 Å². The van der Waals surface area contributed by atoms with E-state index < -0.39 is 17.5 Å². The van der Waals surface area contributed by atoms with Gasteiger partial charge in [0, 0.05) is 7.05 Å². The molecule has 0 aliphatic rings. The number of nitrogens with two attached hydrogens (primary N) is 1. The van der Waals surface area contributed by atoms with Crippen LogP contribution in [0.4, 0.5) is 5.69 Å². The quantitative estimate of drug-likeness (QED) is 0.747. The Morgan fingerprint density at radius 2 is 2.33 bits per heavy atom. The second-order valence-electron chi connectivity index (χ2n) is 3.07. The van der Waals surface area contributed by atoms with E-state index in [-0.39, 0.29) is 5.02 Å². The number of rotatable bonds is 3. The number of halogens is 1. The average Bonchev–Trinajstić information content (AvgIpc) is 2.18. The molecule has 0 saturated carbocycles. The molecule has 1 aromatic rings. The third kappa shape index (κ3) is 2.47. The van der Waals surface area contributed by atoms with Gasteiger partial charge in [-0.2, -0.15) is 5.10 Å². The van der Waals surface area contributed by atoms with E-state index in [0.29, 0.717) is 5.69 Å². The molecule has 1 aromatic heterocycles. The summed E-state index contributed by atoms with van der Waals surface area (Å²) in [4.78, 5) is 22.1. The van der Waals surface area contributed by atoms with Crippen molar-refractivity contribution in [1.29, 1.82) is 0 Å². The molecule has 3 N–H and O–H groups in total. The highest BCUT2D eigenvalue weighted by Gasteiger charge is 2.12. The highest BCUT2D eigenvalue weighted by molar-refractivity contribution is 6.33. The number of amides is 1. The van der Waals surface area contributed by atoms with Crippen molar-refractivity contribution in [3.8, 4) is 0 Å². The van der Waals surface area contributed by atoms with Gasteiger partial charge in [0.05, 0.1) is 11.9 Å². The first-order chi connectivity index (χ1) is 6.93. The van der Waals surface area contributed by atoms with Crippen molar-refractivity contribution in [2.24, 2.45) is 12.8 Å². The van der Waals surface area contributed by atoms with Crippen LogP contribution in [0.3, 0.4) is 0 Å². The number of carbonyl (C=O) groups excluding carboxylic acids is 1. The fourth-order valence-electron chi connectivity index (χ4n) is 0.916. The van der Waals surface area contributed by atoms with Crippen molar-refractivity contribution in [2.45, 2.75) is 13.0 Å². The van der Waals surface area contributed by atoms with Crippen LogP contribution in [0.2, 0.25) is 5.02 Å². The van der Waals surface area contributed by atoms with E-state index >= 15 is 0 Å². The maximum atomic E-state index is 11.4. The van der Waals surface area contributed by atoms with Gasteiger partial charge in [-0.3, -0.25) is 9.59 Å². The lowest BCUT2D eigenvalue weighted by Gasteiger charge is -2.12. The van der Waals surface area contributed by atoms with Crippen LogP contribution in [0.15, 0.2) is 11.0 Å². The van der Waals surface area contributed by atoms with E-state index in [1.807, 2.05) is 0 Å². The Balaban J connectivity index is 3.02. The van der Waals surface area contributed by atoms with Gasteiger partial charge in [0.15, 0.2) is 0 Å². The standard InChI is InChI=1S/C8H11ClN4O2/c1-4(7(10)14)12-5-3-11-13(2)8(15)6(5)9/h3-4,12H,1-2H3,(H2,10,14). The molecule has 0 aromatic carbocycles. The van der Waals surface area contributed by atoms with Crippen LogP contribution in [0.25, 0.3) is 0 Å². The zero-order chi connectivity index (χ0) is 11.6. The Bertz CT molecular complexity index is 443. The molecule has 0 spiro atoms. The van der Waals surface area contributed by atoms with Crippen LogP contribution in [-0.2, 0) is 11.8 Å². The number of anilines is 1. The normalized spacial score (nSPS) is 12.2. The second-order valence-corrected chi connectivity index (χ2v) is 3.45. The molecule has 82 valence electrons. The van der Waals surface area contributed by atoms with Crippen LogP contribution >= 0.6 is 11.6 Å². The topological polar surface area (TPSA) is 90.0 Å². The first-order valence-corrected chi connectivity index (χ1v) is 4.59. The molecule has 1 rings (SSSR count). The van der Waals surface area contributed by atoms with E-state index in [4.69, 9.17) is 17.3 Å². The largest absolute Gasteiger partial charge is 0.371 e. The molecule has 15 heavy (non-hydrogen) atoms. The van der Waals surface area contributed by atoms with E-state index in [2.05, 4.69) is 10.4 Å². The maximum Gasteiger partial charge on any atom is 0.287 e. The van der Waals surface area contributed by atoms with Gasteiger partial charge in [-0.25, -0.2) is 4.68 Å². The smallest absolute Gasteiger partial charge is 0.287 e. The van der Waals surface area contributed by atoms with Crippen LogP contribution in [-0.4, -0.2) is 21.7 Å². The zero-order valence-electron chi connectivity index (χ0n) is 8.32. The number of carbonyl (C=O) groups is 1. The summed E-state index contributed by atoms with van der Waals surface area (Å²) in [6, 6.07) is -0.614. The van der Waals surface area contributed by atoms with Gasteiger partial charge < -0.3 is 11.1 Å². The molecule has 0 bridgehead atoms. The Labute approximate surface area is 91.0 Å². The highest BCUT2D eigenvalue weighted by Crippen LogP contribution is 2.15. The molecule has 1 heterocycles. The minimum absolute atomic E-state index is 0.0133. The summed E-state index contributed by atoms with van der Waals surface area (Å²) in [5, 5.41) is 6.44. The number of nitrogens with zero attached hydrogens (tertiary/aromatic N) is 2. The van der Waals surface area contributed by atoms with Gasteiger partial charge in [0.2, 0.25) is 5.91 Å². The molecule has 7 heteroatoms. The fourth-order valence-corrected chi connectivity index (χ4v) is 1.14. The molecule has 1 atom stereocenters. The fraction of sp³-hybridized carbons (Fsp3) is 0.375. The lowest BCUT2D eigenvalue weighted by molar-refractivity contribution is -0.118. The van der Waals surface area contributed by atoms with Gasteiger partial charge in [0.1, 0.15) is 11.1 Å². The number of primary amides is 1. The lowest BCUT2D eigenvalue weighted by Crippen LogP contribution is -2.33. The number of aryl methyl sites for hydroxylation is 1. The second kappa shape index (κ2) is 4.31. The summed E-state index contributed by atoms with van der Waals surface area (Å²) in [6.45, 7) is 1.57. The third-order valence-electron chi connectivity index (χ3n) is 1.88. The predicted octanol–water partition coefficient (Wildman–Crippen LogP) is -0.281. The molecule has 0 aliphatic carbocycles. The minimum atomic E-state index is -0.614. The van der Waals surface area contributed by atoms with Gasteiger partial charge in [-0.15, -0.1) is 0 Å². The maximum absolute atomic E-state index is 11.4. The van der Waals surface area contributed by atoms with Crippen LogP contribution in [0.1, 0.15) is 6.92 Å². The minimum Gasteiger partial charge on any atom is -0.371 e. The number of hydrogen-bond acceptors (Lipinski definition) is 4. The number of aromatic nitrogens is 2. The van der Waals surface area contributed by atoms with Crippen LogP contribution in [0, 0.1) is 0 Å². The number of hydrogen-bond donors (Lipinski definition) is 2. The first kappa shape index (κ1) is 11.5. The SMILES string of the molecule is CC(Nc1cnn(C)c(=O)c1Cl)C(N)=O. The van der Waals surface area contributed by atoms with Crippen LogP contribution < -0.4 is 16.6 Å². The zero-order valence-corrected chi connectivity index (χ0v) is 9.08. The van der Waals surface area contributed by atoms with Gasteiger partial charge in [0.25, 0.3) is 5.56 Å². The summed E-state index contributed by atoms with van der Waals surface area (Å²) in [5.41, 5.74) is 4.92. The molecule has 6 nitrogen and oxygen atoms in total. The highest BCUT2D eigenvalue weighted by atomic mass is 35.5. The van der Waals surface area contributed by atoms with E-state index in [1.54, 1.807) is 6.92 Å². The lowest BCUT2D eigenvalue weighted by atomic mass is 10.3.